The minimum Gasteiger partial charge on any atom is -0.366 e. The largest absolute Gasteiger partial charge is 0.366 e. The van der Waals surface area contributed by atoms with E-state index in [0.717, 1.165) is 0 Å². The Morgan fingerprint density at radius 2 is 1.60 bits per heavy atom. The van der Waals surface area contributed by atoms with Crippen molar-refractivity contribution in [2.24, 2.45) is 5.73 Å². The van der Waals surface area contributed by atoms with Gasteiger partial charge in [-0.2, -0.15) is 0 Å². The Bertz CT molecular complexity index is 449. The Morgan fingerprint density at radius 1 is 1.00 bits per heavy atom. The number of Topliss-reactive ketones (excluding diaryl/α,β-unsaturated/α-hetero) is 2. The van der Waals surface area contributed by atoms with E-state index in [0.29, 0.717) is 5.56 Å². The maximum Gasteiger partial charge on any atom is 0.249 e. The lowest BCUT2D eigenvalue weighted by Gasteiger charge is -2.04. The summed E-state index contributed by atoms with van der Waals surface area (Å²) in [4.78, 5) is 33.3. The van der Waals surface area contributed by atoms with Gasteiger partial charge in [0, 0.05) is 16.7 Å². The summed E-state index contributed by atoms with van der Waals surface area (Å²) in [5.74, 6) is -1.12. The van der Waals surface area contributed by atoms with Crippen molar-refractivity contribution < 1.29 is 14.4 Å². The van der Waals surface area contributed by atoms with E-state index < -0.39 is 5.91 Å². The first-order valence-corrected chi connectivity index (χ1v) is 4.39. The summed E-state index contributed by atoms with van der Waals surface area (Å²) in [6.45, 7) is 2.72. The predicted molar refractivity (Wildman–Crippen MR) is 55.0 cm³/mol. The number of carbonyl (C=O) groups excluding carboxylic acids is 3. The summed E-state index contributed by atoms with van der Waals surface area (Å²) in [6.07, 6.45) is 0. The molecule has 0 saturated carbocycles. The molecule has 78 valence electrons. The average molecular weight is 205 g/mol. The Kier molecular flexibility index (Phi) is 2.99. The first-order valence-electron chi connectivity index (χ1n) is 4.39. The SMILES string of the molecule is CC(=O)c1ccc(C(N)=O)c(C(C)=O)c1. The summed E-state index contributed by atoms with van der Waals surface area (Å²) >= 11 is 0. The van der Waals surface area contributed by atoms with E-state index in [-0.39, 0.29) is 22.7 Å². The fraction of sp³-hybridized carbons (Fsp3) is 0.182. The summed E-state index contributed by atoms with van der Waals surface area (Å²) in [5, 5.41) is 0. The second kappa shape index (κ2) is 4.04. The molecule has 1 rings (SSSR count). The molecule has 0 radical (unpaired) electrons. The van der Waals surface area contributed by atoms with Crippen LogP contribution in [0.15, 0.2) is 18.2 Å². The van der Waals surface area contributed by atoms with Crippen molar-refractivity contribution in [1.29, 1.82) is 0 Å². The number of hydrogen-bond donors (Lipinski definition) is 1. The van der Waals surface area contributed by atoms with Gasteiger partial charge >= 0.3 is 0 Å². The van der Waals surface area contributed by atoms with Gasteiger partial charge in [0.2, 0.25) is 5.91 Å². The molecular formula is C11H11NO3. The number of nitrogens with two attached hydrogens (primary N) is 1. The van der Waals surface area contributed by atoms with Gasteiger partial charge in [0.05, 0.1) is 0 Å². The van der Waals surface area contributed by atoms with Gasteiger partial charge in [0.1, 0.15) is 0 Å². The zero-order valence-electron chi connectivity index (χ0n) is 8.53. The Labute approximate surface area is 87.1 Å². The molecule has 1 aromatic carbocycles. The predicted octanol–water partition coefficient (Wildman–Crippen LogP) is 1.19. The molecule has 15 heavy (non-hydrogen) atoms. The molecule has 0 spiro atoms. The molecule has 0 bridgehead atoms. The molecule has 0 heterocycles. The van der Waals surface area contributed by atoms with E-state index in [1.54, 1.807) is 0 Å². The smallest absolute Gasteiger partial charge is 0.249 e. The maximum atomic E-state index is 11.2. The van der Waals surface area contributed by atoms with Gasteiger partial charge in [-0.3, -0.25) is 14.4 Å². The number of amides is 1. The minimum absolute atomic E-state index is 0.146. The monoisotopic (exact) mass is 205 g/mol. The molecule has 4 heteroatoms. The van der Waals surface area contributed by atoms with Crippen LogP contribution in [0.5, 0.6) is 0 Å². The normalized spacial score (nSPS) is 9.73. The van der Waals surface area contributed by atoms with Crippen molar-refractivity contribution in [3.05, 3.63) is 34.9 Å². The van der Waals surface area contributed by atoms with Crippen LogP contribution in [-0.4, -0.2) is 17.5 Å². The molecule has 0 aliphatic heterocycles. The van der Waals surface area contributed by atoms with Crippen LogP contribution in [-0.2, 0) is 0 Å². The second-order valence-electron chi connectivity index (χ2n) is 3.24. The maximum absolute atomic E-state index is 11.2. The van der Waals surface area contributed by atoms with Gasteiger partial charge in [-0.1, -0.05) is 6.07 Å². The van der Waals surface area contributed by atoms with Crippen molar-refractivity contribution in [2.45, 2.75) is 13.8 Å². The third kappa shape index (κ3) is 2.28. The number of primary amides is 1. The lowest BCUT2D eigenvalue weighted by molar-refractivity contribution is 0.0971. The standard InChI is InChI=1S/C11H11NO3/c1-6(13)8-3-4-9(11(12)15)10(5-8)7(2)14/h3-5H,1-2H3,(H2,12,15). The highest BCUT2D eigenvalue weighted by Gasteiger charge is 2.13. The minimum atomic E-state index is -0.671. The van der Waals surface area contributed by atoms with Crippen LogP contribution in [0.4, 0.5) is 0 Å². The zero-order chi connectivity index (χ0) is 11.6. The van der Waals surface area contributed by atoms with Crippen molar-refractivity contribution in [3.8, 4) is 0 Å². The second-order valence-corrected chi connectivity index (χ2v) is 3.24. The van der Waals surface area contributed by atoms with Gasteiger partial charge in [0.15, 0.2) is 11.6 Å². The lowest BCUT2D eigenvalue weighted by atomic mass is 9.99. The van der Waals surface area contributed by atoms with Crippen LogP contribution in [0.25, 0.3) is 0 Å². The van der Waals surface area contributed by atoms with Gasteiger partial charge in [-0.15, -0.1) is 0 Å². The molecule has 1 aromatic rings. The summed E-state index contributed by atoms with van der Waals surface area (Å²) in [6, 6.07) is 4.27. The topological polar surface area (TPSA) is 77.2 Å². The van der Waals surface area contributed by atoms with Crippen LogP contribution in [0.2, 0.25) is 0 Å². The third-order valence-electron chi connectivity index (χ3n) is 2.07. The van der Waals surface area contributed by atoms with E-state index in [1.807, 2.05) is 0 Å². The van der Waals surface area contributed by atoms with Crippen molar-refractivity contribution in [1.82, 2.24) is 0 Å². The zero-order valence-corrected chi connectivity index (χ0v) is 8.53. The van der Waals surface area contributed by atoms with Gasteiger partial charge < -0.3 is 5.73 Å². The molecule has 0 aliphatic carbocycles. The fourth-order valence-corrected chi connectivity index (χ4v) is 1.27. The van der Waals surface area contributed by atoms with Crippen molar-refractivity contribution >= 4 is 17.5 Å². The number of hydrogen-bond acceptors (Lipinski definition) is 3. The number of ketones is 2. The van der Waals surface area contributed by atoms with E-state index in [1.165, 1.54) is 32.0 Å². The highest BCUT2D eigenvalue weighted by atomic mass is 16.1. The van der Waals surface area contributed by atoms with Crippen LogP contribution in [0.1, 0.15) is 44.9 Å². The lowest BCUT2D eigenvalue weighted by Crippen LogP contribution is -2.16. The highest BCUT2D eigenvalue weighted by Crippen LogP contribution is 2.13. The fourth-order valence-electron chi connectivity index (χ4n) is 1.27. The van der Waals surface area contributed by atoms with Gasteiger partial charge in [0.25, 0.3) is 0 Å². The molecule has 0 atom stereocenters. The van der Waals surface area contributed by atoms with Crippen LogP contribution in [0, 0.1) is 0 Å². The van der Waals surface area contributed by atoms with E-state index in [2.05, 4.69) is 0 Å². The third-order valence-corrected chi connectivity index (χ3v) is 2.07. The molecule has 0 fully saturated rings. The molecule has 0 aliphatic rings. The van der Waals surface area contributed by atoms with Crippen LogP contribution >= 0.6 is 0 Å². The first kappa shape index (κ1) is 11.1. The molecule has 4 nitrogen and oxygen atoms in total. The van der Waals surface area contributed by atoms with E-state index >= 15 is 0 Å². The molecular weight excluding hydrogens is 194 g/mol. The Hall–Kier alpha value is -1.97. The van der Waals surface area contributed by atoms with Crippen molar-refractivity contribution in [3.63, 3.8) is 0 Å². The highest BCUT2D eigenvalue weighted by molar-refractivity contribution is 6.08. The van der Waals surface area contributed by atoms with Gasteiger partial charge in [-0.05, 0) is 26.0 Å². The molecule has 0 saturated heterocycles. The number of carbonyl (C=O) groups is 3. The molecule has 0 unspecified atom stereocenters. The van der Waals surface area contributed by atoms with Crippen LogP contribution in [0.3, 0.4) is 0 Å². The first-order chi connectivity index (χ1) is 6.93. The van der Waals surface area contributed by atoms with Crippen molar-refractivity contribution in [2.75, 3.05) is 0 Å². The number of rotatable bonds is 3. The average Bonchev–Trinajstić information content (AvgIpc) is 2.16. The Morgan fingerprint density at radius 3 is 2.00 bits per heavy atom. The number of benzene rings is 1. The molecule has 0 aromatic heterocycles. The molecule has 2 N–H and O–H groups in total. The van der Waals surface area contributed by atoms with E-state index in [4.69, 9.17) is 5.73 Å². The summed E-state index contributed by atoms with van der Waals surface area (Å²) < 4.78 is 0. The summed E-state index contributed by atoms with van der Waals surface area (Å²) in [5.41, 5.74) is 5.83. The van der Waals surface area contributed by atoms with Gasteiger partial charge in [-0.25, -0.2) is 0 Å². The molecule has 1 amide bonds. The van der Waals surface area contributed by atoms with Crippen LogP contribution < -0.4 is 5.73 Å². The van der Waals surface area contributed by atoms with E-state index in [9.17, 15) is 14.4 Å². The Balaban J connectivity index is 3.40. The quantitative estimate of drug-likeness (QED) is 0.753. The summed E-state index contributed by atoms with van der Waals surface area (Å²) in [7, 11) is 0.